The fourth-order valence-corrected chi connectivity index (χ4v) is 4.13. The SMILES string of the molecule is CCCCCCCCCCCCCCCCCc1c(O)c(=O)oc2ccccc12. The van der Waals surface area contributed by atoms with Crippen LogP contribution < -0.4 is 5.63 Å². The molecule has 1 heterocycles. The molecule has 0 radical (unpaired) electrons. The van der Waals surface area contributed by atoms with Gasteiger partial charge >= 0.3 is 5.63 Å². The Bertz CT molecular complexity index is 747. The van der Waals surface area contributed by atoms with Gasteiger partial charge in [-0.15, -0.1) is 0 Å². The normalized spacial score (nSPS) is 11.3. The van der Waals surface area contributed by atoms with Gasteiger partial charge in [-0.1, -0.05) is 115 Å². The fraction of sp³-hybridized carbons (Fsp3) is 0.654. The molecule has 0 unspecified atom stereocenters. The summed E-state index contributed by atoms with van der Waals surface area (Å²) >= 11 is 0. The zero-order valence-electron chi connectivity index (χ0n) is 18.4. The fourth-order valence-electron chi connectivity index (χ4n) is 4.13. The van der Waals surface area contributed by atoms with E-state index in [4.69, 9.17) is 4.42 Å². The zero-order valence-corrected chi connectivity index (χ0v) is 18.4. The molecule has 29 heavy (non-hydrogen) atoms. The number of aryl methyl sites for hydroxylation is 1. The van der Waals surface area contributed by atoms with Crippen LogP contribution in [0, 0.1) is 0 Å². The highest BCUT2D eigenvalue weighted by molar-refractivity contribution is 5.82. The van der Waals surface area contributed by atoms with E-state index in [0.717, 1.165) is 30.2 Å². The summed E-state index contributed by atoms with van der Waals surface area (Å²) in [7, 11) is 0. The van der Waals surface area contributed by atoms with E-state index in [1.54, 1.807) is 6.07 Å². The van der Waals surface area contributed by atoms with Crippen molar-refractivity contribution in [3.05, 3.63) is 40.2 Å². The molecule has 2 rings (SSSR count). The van der Waals surface area contributed by atoms with Gasteiger partial charge in [0, 0.05) is 10.9 Å². The Morgan fingerprint density at radius 1 is 0.724 bits per heavy atom. The second kappa shape index (κ2) is 14.3. The largest absolute Gasteiger partial charge is 0.502 e. The minimum Gasteiger partial charge on any atom is -0.502 e. The summed E-state index contributed by atoms with van der Waals surface area (Å²) in [6, 6.07) is 7.46. The summed E-state index contributed by atoms with van der Waals surface area (Å²) in [5, 5.41) is 11.0. The van der Waals surface area contributed by atoms with Gasteiger partial charge in [-0.3, -0.25) is 0 Å². The molecule has 162 valence electrons. The smallest absolute Gasteiger partial charge is 0.379 e. The lowest BCUT2D eigenvalue weighted by molar-refractivity contribution is 0.420. The summed E-state index contributed by atoms with van der Waals surface area (Å²) in [5.41, 5.74) is 0.678. The van der Waals surface area contributed by atoms with Crippen molar-refractivity contribution < 1.29 is 9.52 Å². The number of rotatable bonds is 16. The number of para-hydroxylation sites is 1. The number of hydrogen-bond donors (Lipinski definition) is 1. The van der Waals surface area contributed by atoms with Crippen molar-refractivity contribution in [2.24, 2.45) is 0 Å². The third-order valence-electron chi connectivity index (χ3n) is 5.92. The maximum atomic E-state index is 11.8. The Kier molecular flexibility index (Phi) is 11.6. The van der Waals surface area contributed by atoms with E-state index < -0.39 is 5.63 Å². The molecule has 0 spiro atoms. The van der Waals surface area contributed by atoms with E-state index in [1.165, 1.54) is 83.5 Å². The van der Waals surface area contributed by atoms with Gasteiger partial charge in [-0.05, 0) is 18.9 Å². The summed E-state index contributed by atoms with van der Waals surface area (Å²) in [5.74, 6) is -0.214. The maximum Gasteiger partial charge on any atom is 0.379 e. The average molecular weight is 401 g/mol. The van der Waals surface area contributed by atoms with Gasteiger partial charge in [-0.25, -0.2) is 4.79 Å². The Balaban J connectivity index is 1.50. The minimum atomic E-state index is -0.625. The first-order valence-electron chi connectivity index (χ1n) is 12.0. The molecule has 0 aliphatic rings. The van der Waals surface area contributed by atoms with Crippen molar-refractivity contribution in [3.63, 3.8) is 0 Å². The van der Waals surface area contributed by atoms with Crippen LogP contribution in [-0.2, 0) is 6.42 Å². The van der Waals surface area contributed by atoms with E-state index >= 15 is 0 Å². The molecule has 0 saturated heterocycles. The number of fused-ring (bicyclic) bond motifs is 1. The van der Waals surface area contributed by atoms with Gasteiger partial charge < -0.3 is 9.52 Å². The topological polar surface area (TPSA) is 50.4 Å². The second-order valence-electron chi connectivity index (χ2n) is 8.41. The lowest BCUT2D eigenvalue weighted by Crippen LogP contribution is -2.03. The van der Waals surface area contributed by atoms with E-state index in [2.05, 4.69) is 6.92 Å². The molecule has 0 aliphatic heterocycles. The van der Waals surface area contributed by atoms with Gasteiger partial charge in [0.25, 0.3) is 0 Å². The van der Waals surface area contributed by atoms with Crippen LogP contribution in [0.5, 0.6) is 5.75 Å². The van der Waals surface area contributed by atoms with Crippen molar-refractivity contribution in [2.45, 2.75) is 110 Å². The average Bonchev–Trinajstić information content (AvgIpc) is 2.73. The van der Waals surface area contributed by atoms with Crippen molar-refractivity contribution in [3.8, 4) is 5.75 Å². The van der Waals surface area contributed by atoms with Gasteiger partial charge in [0.15, 0.2) is 0 Å². The molecule has 3 nitrogen and oxygen atoms in total. The molecular weight excluding hydrogens is 360 g/mol. The van der Waals surface area contributed by atoms with Crippen LogP contribution in [0.2, 0.25) is 0 Å². The third-order valence-corrected chi connectivity index (χ3v) is 5.92. The van der Waals surface area contributed by atoms with Crippen molar-refractivity contribution in [1.29, 1.82) is 0 Å². The van der Waals surface area contributed by atoms with Crippen LogP contribution in [0.25, 0.3) is 11.0 Å². The Morgan fingerprint density at radius 3 is 1.76 bits per heavy atom. The molecule has 0 amide bonds. The molecular formula is C26H40O3. The predicted octanol–water partition coefficient (Wildman–Crippen LogP) is 7.91. The second-order valence-corrected chi connectivity index (χ2v) is 8.41. The molecule has 2 aromatic rings. The van der Waals surface area contributed by atoms with Gasteiger partial charge in [0.05, 0.1) is 0 Å². The molecule has 0 bridgehead atoms. The molecule has 0 aliphatic carbocycles. The lowest BCUT2D eigenvalue weighted by atomic mass is 10.0. The van der Waals surface area contributed by atoms with Crippen LogP contribution in [0.1, 0.15) is 109 Å². The minimum absolute atomic E-state index is 0.214. The maximum absolute atomic E-state index is 11.8. The number of benzene rings is 1. The molecule has 0 fully saturated rings. The highest BCUT2D eigenvalue weighted by atomic mass is 16.4. The number of aromatic hydroxyl groups is 1. The summed E-state index contributed by atoms with van der Waals surface area (Å²) in [4.78, 5) is 11.8. The zero-order chi connectivity index (χ0) is 20.7. The molecule has 1 aromatic heterocycles. The molecule has 3 heteroatoms. The highest BCUT2D eigenvalue weighted by Gasteiger charge is 2.12. The van der Waals surface area contributed by atoms with E-state index in [-0.39, 0.29) is 5.75 Å². The molecule has 1 aromatic carbocycles. The quantitative estimate of drug-likeness (QED) is 0.230. The van der Waals surface area contributed by atoms with Crippen LogP contribution in [-0.4, -0.2) is 5.11 Å². The first kappa shape index (κ1) is 23.5. The van der Waals surface area contributed by atoms with E-state index in [1.807, 2.05) is 18.2 Å². The van der Waals surface area contributed by atoms with Crippen molar-refractivity contribution >= 4 is 11.0 Å². The Morgan fingerprint density at radius 2 is 1.21 bits per heavy atom. The first-order valence-corrected chi connectivity index (χ1v) is 12.0. The van der Waals surface area contributed by atoms with Crippen molar-refractivity contribution in [1.82, 2.24) is 0 Å². The Labute approximate surface area is 176 Å². The summed E-state index contributed by atoms with van der Waals surface area (Å²) in [6.45, 7) is 2.27. The predicted molar refractivity (Wildman–Crippen MR) is 123 cm³/mol. The van der Waals surface area contributed by atoms with E-state index in [0.29, 0.717) is 5.58 Å². The van der Waals surface area contributed by atoms with Gasteiger partial charge in [-0.2, -0.15) is 0 Å². The first-order chi connectivity index (χ1) is 14.2. The highest BCUT2D eigenvalue weighted by Crippen LogP contribution is 2.25. The van der Waals surface area contributed by atoms with Crippen LogP contribution >= 0.6 is 0 Å². The molecule has 1 N–H and O–H groups in total. The van der Waals surface area contributed by atoms with Crippen molar-refractivity contribution in [2.75, 3.05) is 0 Å². The molecule has 0 saturated carbocycles. The number of hydrogen-bond acceptors (Lipinski definition) is 3. The van der Waals surface area contributed by atoms with Crippen LogP contribution in [0.15, 0.2) is 33.5 Å². The summed E-state index contributed by atoms with van der Waals surface area (Å²) in [6.07, 6.45) is 20.7. The van der Waals surface area contributed by atoms with Gasteiger partial charge in [0.1, 0.15) is 5.58 Å². The van der Waals surface area contributed by atoms with E-state index in [9.17, 15) is 9.90 Å². The molecule has 0 atom stereocenters. The van der Waals surface area contributed by atoms with Crippen LogP contribution in [0.4, 0.5) is 0 Å². The monoisotopic (exact) mass is 400 g/mol. The summed E-state index contributed by atoms with van der Waals surface area (Å²) < 4.78 is 5.16. The standard InChI is InChI=1S/C26H40O3/c1-2-3-4-5-6-7-8-9-10-11-12-13-14-15-16-20-23-22-19-17-18-21-24(22)29-26(28)25(23)27/h17-19,21,27H,2-16,20H2,1H3. The number of unbranched alkanes of at least 4 members (excludes halogenated alkanes) is 14. The van der Waals surface area contributed by atoms with Gasteiger partial charge in [0.2, 0.25) is 5.75 Å². The Hall–Kier alpha value is -1.77. The lowest BCUT2D eigenvalue weighted by Gasteiger charge is -2.07. The third kappa shape index (κ3) is 8.64. The van der Waals surface area contributed by atoms with Crippen LogP contribution in [0.3, 0.4) is 0 Å².